The highest BCUT2D eigenvalue weighted by molar-refractivity contribution is 5.81. The summed E-state index contributed by atoms with van der Waals surface area (Å²) < 4.78 is 0. The van der Waals surface area contributed by atoms with E-state index in [1.54, 1.807) is 0 Å². The van der Waals surface area contributed by atoms with E-state index < -0.39 is 0 Å². The Balaban J connectivity index is 1.28. The van der Waals surface area contributed by atoms with Gasteiger partial charge in [0.15, 0.2) is 0 Å². The molecule has 1 aliphatic carbocycles. The number of anilines is 1. The van der Waals surface area contributed by atoms with Crippen molar-refractivity contribution in [1.29, 1.82) is 0 Å². The van der Waals surface area contributed by atoms with Crippen LogP contribution in [0.25, 0.3) is 22.2 Å². The van der Waals surface area contributed by atoms with Crippen LogP contribution in [0.1, 0.15) is 12.8 Å². The first-order valence-corrected chi connectivity index (χ1v) is 9.36. The lowest BCUT2D eigenvalue weighted by atomic mass is 10.1. The van der Waals surface area contributed by atoms with Gasteiger partial charge < -0.3 is 9.88 Å². The number of pyridine rings is 1. The second-order valence-electron chi connectivity index (χ2n) is 7.42. The lowest BCUT2D eigenvalue weighted by molar-refractivity contribution is 0.248. The molecule has 0 unspecified atom stereocenters. The molecule has 2 aromatic heterocycles. The molecule has 1 aromatic carbocycles. The highest BCUT2D eigenvalue weighted by Gasteiger charge is 2.26. The summed E-state index contributed by atoms with van der Waals surface area (Å²) in [7, 11) is 0. The standard InChI is InChI=1S/C21H24N4/c1-2-16(1)15-24-9-11-25(12-10-24)20-5-3-17(4-6-20)19-13-18-7-8-22-21(18)23-14-19/h3-8,13-14,16H,1-2,9-12,15H2,(H,22,23). The van der Waals surface area contributed by atoms with Gasteiger partial charge in [0.1, 0.15) is 5.65 Å². The van der Waals surface area contributed by atoms with Crippen LogP contribution < -0.4 is 4.90 Å². The number of hydrogen-bond acceptors (Lipinski definition) is 3. The molecule has 2 aliphatic rings. The van der Waals surface area contributed by atoms with Gasteiger partial charge in [0.25, 0.3) is 0 Å². The highest BCUT2D eigenvalue weighted by atomic mass is 15.3. The van der Waals surface area contributed by atoms with Gasteiger partial charge >= 0.3 is 0 Å². The normalized spacial score (nSPS) is 18.8. The molecule has 0 amide bonds. The zero-order valence-corrected chi connectivity index (χ0v) is 14.5. The molecule has 0 radical (unpaired) electrons. The van der Waals surface area contributed by atoms with Gasteiger partial charge in [-0.3, -0.25) is 4.90 Å². The van der Waals surface area contributed by atoms with Gasteiger partial charge in [-0.25, -0.2) is 4.98 Å². The van der Waals surface area contributed by atoms with Gasteiger partial charge in [-0.15, -0.1) is 0 Å². The van der Waals surface area contributed by atoms with Crippen LogP contribution >= 0.6 is 0 Å². The number of nitrogens with zero attached hydrogens (tertiary/aromatic N) is 3. The van der Waals surface area contributed by atoms with Gasteiger partial charge in [0.2, 0.25) is 0 Å². The Morgan fingerprint density at radius 3 is 2.52 bits per heavy atom. The first-order valence-electron chi connectivity index (χ1n) is 9.36. The van der Waals surface area contributed by atoms with E-state index in [0.29, 0.717) is 0 Å². The molecule has 1 aliphatic heterocycles. The van der Waals surface area contributed by atoms with Crippen molar-refractivity contribution in [3.8, 4) is 11.1 Å². The minimum atomic E-state index is 0.949. The Labute approximate surface area is 148 Å². The highest BCUT2D eigenvalue weighted by Crippen LogP contribution is 2.30. The van der Waals surface area contributed by atoms with Gasteiger partial charge in [0.05, 0.1) is 0 Å². The number of aromatic nitrogens is 2. The van der Waals surface area contributed by atoms with Crippen LogP contribution in [0.2, 0.25) is 0 Å². The van der Waals surface area contributed by atoms with Crippen LogP contribution in [-0.2, 0) is 0 Å². The number of rotatable bonds is 4. The van der Waals surface area contributed by atoms with E-state index in [9.17, 15) is 0 Å². The fourth-order valence-corrected chi connectivity index (χ4v) is 3.82. The van der Waals surface area contributed by atoms with Crippen molar-refractivity contribution in [3.63, 3.8) is 0 Å². The van der Waals surface area contributed by atoms with Gasteiger partial charge in [-0.1, -0.05) is 12.1 Å². The first-order chi connectivity index (χ1) is 12.3. The molecule has 2 fully saturated rings. The van der Waals surface area contributed by atoms with Crippen LogP contribution in [0.3, 0.4) is 0 Å². The number of fused-ring (bicyclic) bond motifs is 1. The lowest BCUT2D eigenvalue weighted by Crippen LogP contribution is -2.47. The summed E-state index contributed by atoms with van der Waals surface area (Å²) in [5.41, 5.74) is 4.69. The zero-order chi connectivity index (χ0) is 16.6. The second kappa shape index (κ2) is 6.19. The predicted molar refractivity (Wildman–Crippen MR) is 103 cm³/mol. The predicted octanol–water partition coefficient (Wildman–Crippen LogP) is 3.76. The minimum absolute atomic E-state index is 0.949. The van der Waals surface area contributed by atoms with Crippen LogP contribution in [0.4, 0.5) is 5.69 Å². The number of hydrogen-bond donors (Lipinski definition) is 1. The summed E-state index contributed by atoms with van der Waals surface area (Å²) in [6.07, 6.45) is 6.79. The third-order valence-corrected chi connectivity index (χ3v) is 5.55. The van der Waals surface area contributed by atoms with E-state index in [0.717, 1.165) is 30.0 Å². The molecule has 1 saturated carbocycles. The van der Waals surface area contributed by atoms with Crippen molar-refractivity contribution in [1.82, 2.24) is 14.9 Å². The fraction of sp³-hybridized carbons (Fsp3) is 0.381. The van der Waals surface area contributed by atoms with Gasteiger partial charge in [-0.2, -0.15) is 0 Å². The van der Waals surface area contributed by atoms with Gasteiger partial charge in [-0.05, 0) is 48.6 Å². The lowest BCUT2D eigenvalue weighted by Gasteiger charge is -2.36. The van der Waals surface area contributed by atoms with Crippen molar-refractivity contribution in [3.05, 3.63) is 48.8 Å². The maximum atomic E-state index is 4.50. The molecule has 128 valence electrons. The molecule has 0 spiro atoms. The summed E-state index contributed by atoms with van der Waals surface area (Å²) in [5.74, 6) is 0.997. The monoisotopic (exact) mass is 332 g/mol. The van der Waals surface area contributed by atoms with Crippen molar-refractivity contribution in [2.24, 2.45) is 5.92 Å². The molecule has 25 heavy (non-hydrogen) atoms. The van der Waals surface area contributed by atoms with Crippen LogP contribution in [0.15, 0.2) is 48.8 Å². The van der Waals surface area contributed by atoms with E-state index in [4.69, 9.17) is 0 Å². The van der Waals surface area contributed by atoms with E-state index >= 15 is 0 Å². The molecule has 4 nitrogen and oxygen atoms in total. The number of aromatic amines is 1. The third kappa shape index (κ3) is 3.14. The Kier molecular flexibility index (Phi) is 3.71. The van der Waals surface area contributed by atoms with Crippen molar-refractivity contribution in [2.45, 2.75) is 12.8 Å². The Morgan fingerprint density at radius 2 is 1.76 bits per heavy atom. The molecular weight excluding hydrogens is 308 g/mol. The van der Waals surface area contributed by atoms with E-state index in [-0.39, 0.29) is 0 Å². The summed E-state index contributed by atoms with van der Waals surface area (Å²) in [6.45, 7) is 6.01. The minimum Gasteiger partial charge on any atom is -0.369 e. The van der Waals surface area contributed by atoms with Crippen LogP contribution in [0.5, 0.6) is 0 Å². The Morgan fingerprint density at radius 1 is 0.960 bits per heavy atom. The maximum Gasteiger partial charge on any atom is 0.137 e. The van der Waals surface area contributed by atoms with Crippen molar-refractivity contribution < 1.29 is 0 Å². The van der Waals surface area contributed by atoms with Gasteiger partial charge in [0, 0.05) is 61.8 Å². The summed E-state index contributed by atoms with van der Waals surface area (Å²) in [6, 6.07) is 13.2. The number of H-pyrrole nitrogens is 1. The smallest absolute Gasteiger partial charge is 0.137 e. The molecule has 1 saturated heterocycles. The molecule has 0 bridgehead atoms. The molecule has 3 heterocycles. The quantitative estimate of drug-likeness (QED) is 0.790. The summed E-state index contributed by atoms with van der Waals surface area (Å²) in [5, 5.41) is 1.16. The van der Waals surface area contributed by atoms with E-state index in [1.165, 1.54) is 49.3 Å². The summed E-state index contributed by atoms with van der Waals surface area (Å²) >= 11 is 0. The van der Waals surface area contributed by atoms with Crippen molar-refractivity contribution in [2.75, 3.05) is 37.6 Å². The molecular formula is C21H24N4. The Bertz CT molecular complexity index is 855. The second-order valence-corrected chi connectivity index (χ2v) is 7.42. The first kappa shape index (κ1) is 15.0. The molecule has 0 atom stereocenters. The molecule has 1 N–H and O–H groups in total. The average Bonchev–Trinajstić information content (AvgIpc) is 3.35. The topological polar surface area (TPSA) is 35.2 Å². The SMILES string of the molecule is c1cc2cc(-c3ccc(N4CCN(CC5CC5)CC4)cc3)cnc2[nH]1. The van der Waals surface area contributed by atoms with Crippen LogP contribution in [-0.4, -0.2) is 47.6 Å². The fourth-order valence-electron chi connectivity index (χ4n) is 3.82. The largest absolute Gasteiger partial charge is 0.369 e. The zero-order valence-electron chi connectivity index (χ0n) is 14.5. The Hall–Kier alpha value is -2.33. The number of piperazine rings is 1. The van der Waals surface area contributed by atoms with Crippen molar-refractivity contribution >= 4 is 16.7 Å². The molecule has 4 heteroatoms. The van der Waals surface area contributed by atoms with E-state index in [1.807, 2.05) is 12.4 Å². The molecule has 3 aromatic rings. The summed E-state index contributed by atoms with van der Waals surface area (Å²) in [4.78, 5) is 12.8. The third-order valence-electron chi connectivity index (χ3n) is 5.55. The van der Waals surface area contributed by atoms with E-state index in [2.05, 4.69) is 56.2 Å². The maximum absolute atomic E-state index is 4.50. The average molecular weight is 332 g/mol. The number of benzene rings is 1. The van der Waals surface area contributed by atoms with Crippen LogP contribution in [0, 0.1) is 5.92 Å². The number of nitrogens with one attached hydrogen (secondary N) is 1. The molecule has 5 rings (SSSR count).